The summed E-state index contributed by atoms with van der Waals surface area (Å²) in [5.74, 6) is -0.217. The lowest BCUT2D eigenvalue weighted by Gasteiger charge is -2.18. The molecular formula is C22H15FN2. The Morgan fingerprint density at radius 1 is 0.840 bits per heavy atom. The van der Waals surface area contributed by atoms with E-state index in [1.807, 2.05) is 36.4 Å². The minimum atomic E-state index is -0.231. The van der Waals surface area contributed by atoms with Crippen LogP contribution in [0, 0.1) is 5.82 Å². The van der Waals surface area contributed by atoms with Crippen LogP contribution in [0.2, 0.25) is 0 Å². The third-order valence-electron chi connectivity index (χ3n) is 4.91. The highest BCUT2D eigenvalue weighted by atomic mass is 19.1. The van der Waals surface area contributed by atoms with Gasteiger partial charge < -0.3 is 4.57 Å². The molecule has 1 aromatic heterocycles. The van der Waals surface area contributed by atoms with E-state index in [2.05, 4.69) is 29.2 Å². The molecule has 1 unspecified atom stereocenters. The first-order chi connectivity index (χ1) is 12.3. The Kier molecular flexibility index (Phi) is 3.07. The van der Waals surface area contributed by atoms with Crippen LogP contribution in [0.5, 0.6) is 0 Å². The van der Waals surface area contributed by atoms with Gasteiger partial charge in [-0.2, -0.15) is 0 Å². The van der Waals surface area contributed by atoms with Crippen LogP contribution in [0.15, 0.2) is 85.5 Å². The zero-order chi connectivity index (χ0) is 16.8. The van der Waals surface area contributed by atoms with Crippen molar-refractivity contribution in [3.8, 4) is 16.8 Å². The molecule has 1 heterocycles. The molecule has 4 aromatic rings. The van der Waals surface area contributed by atoms with Gasteiger partial charge in [-0.25, -0.2) is 9.37 Å². The van der Waals surface area contributed by atoms with Crippen molar-refractivity contribution in [2.45, 2.75) is 5.92 Å². The number of benzene rings is 3. The van der Waals surface area contributed by atoms with Crippen molar-refractivity contribution in [2.24, 2.45) is 0 Å². The van der Waals surface area contributed by atoms with Gasteiger partial charge >= 0.3 is 0 Å². The van der Waals surface area contributed by atoms with E-state index >= 15 is 0 Å². The van der Waals surface area contributed by atoms with Crippen molar-refractivity contribution < 1.29 is 4.39 Å². The van der Waals surface area contributed by atoms with Crippen molar-refractivity contribution in [2.75, 3.05) is 0 Å². The third-order valence-corrected chi connectivity index (χ3v) is 4.91. The lowest BCUT2D eigenvalue weighted by Crippen LogP contribution is -2.06. The smallest absolute Gasteiger partial charge is 0.147 e. The summed E-state index contributed by atoms with van der Waals surface area (Å²) in [5, 5.41) is 0. The SMILES string of the molecule is Fc1ccc2c(c1-n1ccnc1)C(c1ccccc1)c1ccccc1-2. The predicted octanol–water partition coefficient (Wildman–Crippen LogP) is 5.17. The van der Waals surface area contributed by atoms with Gasteiger partial charge in [-0.1, -0.05) is 60.7 Å². The quantitative estimate of drug-likeness (QED) is 0.437. The average molecular weight is 326 g/mol. The maximum Gasteiger partial charge on any atom is 0.147 e. The van der Waals surface area contributed by atoms with Crippen LogP contribution in [0.25, 0.3) is 16.8 Å². The maximum absolute atomic E-state index is 14.9. The molecule has 0 spiro atoms. The largest absolute Gasteiger partial charge is 0.303 e. The molecule has 1 atom stereocenters. The molecule has 0 fully saturated rings. The van der Waals surface area contributed by atoms with Crippen LogP contribution in [0.4, 0.5) is 4.39 Å². The maximum atomic E-state index is 14.9. The first kappa shape index (κ1) is 14.2. The number of hydrogen-bond donors (Lipinski definition) is 0. The second kappa shape index (κ2) is 5.42. The van der Waals surface area contributed by atoms with Crippen molar-refractivity contribution >= 4 is 0 Å². The zero-order valence-electron chi connectivity index (χ0n) is 13.4. The molecular weight excluding hydrogens is 311 g/mol. The summed E-state index contributed by atoms with van der Waals surface area (Å²) in [4.78, 5) is 4.11. The lowest BCUT2D eigenvalue weighted by molar-refractivity contribution is 0.615. The van der Waals surface area contributed by atoms with E-state index in [0.29, 0.717) is 5.69 Å². The van der Waals surface area contributed by atoms with E-state index in [-0.39, 0.29) is 11.7 Å². The molecule has 0 saturated heterocycles. The second-order valence-electron chi connectivity index (χ2n) is 6.26. The monoisotopic (exact) mass is 326 g/mol. The highest BCUT2D eigenvalue weighted by Gasteiger charge is 2.33. The minimum Gasteiger partial charge on any atom is -0.303 e. The van der Waals surface area contributed by atoms with Crippen molar-refractivity contribution in [1.29, 1.82) is 0 Å². The highest BCUT2D eigenvalue weighted by Crippen LogP contribution is 2.50. The summed E-state index contributed by atoms with van der Waals surface area (Å²) in [5.41, 5.74) is 6.24. The van der Waals surface area contributed by atoms with E-state index in [1.165, 1.54) is 16.7 Å². The summed E-state index contributed by atoms with van der Waals surface area (Å²) < 4.78 is 16.6. The standard InChI is InChI=1S/C22H15FN2/c23-19-11-10-18-16-8-4-5-9-17(16)20(15-6-2-1-3-7-15)21(18)22(19)25-13-12-24-14-25/h1-14,20H. The van der Waals surface area contributed by atoms with Crippen LogP contribution in [-0.4, -0.2) is 9.55 Å². The Morgan fingerprint density at radius 3 is 2.44 bits per heavy atom. The first-order valence-corrected chi connectivity index (χ1v) is 8.29. The average Bonchev–Trinajstić information content (AvgIpc) is 3.28. The Morgan fingerprint density at radius 2 is 1.64 bits per heavy atom. The molecule has 25 heavy (non-hydrogen) atoms. The molecule has 3 aromatic carbocycles. The van der Waals surface area contributed by atoms with E-state index in [4.69, 9.17) is 0 Å². The fraction of sp³-hybridized carbons (Fsp3) is 0.0455. The molecule has 0 N–H and O–H groups in total. The summed E-state index contributed by atoms with van der Waals surface area (Å²) in [6.45, 7) is 0. The molecule has 2 nitrogen and oxygen atoms in total. The van der Waals surface area contributed by atoms with Crippen molar-refractivity contribution in [3.05, 3.63) is 108 Å². The second-order valence-corrected chi connectivity index (χ2v) is 6.26. The van der Waals surface area contributed by atoms with E-state index in [9.17, 15) is 4.39 Å². The van der Waals surface area contributed by atoms with Gasteiger partial charge in [-0.15, -0.1) is 0 Å². The normalized spacial score (nSPS) is 15.0. The summed E-state index contributed by atoms with van der Waals surface area (Å²) in [6.07, 6.45) is 5.13. The predicted molar refractivity (Wildman–Crippen MR) is 96.3 cm³/mol. The zero-order valence-corrected chi connectivity index (χ0v) is 13.4. The fourth-order valence-corrected chi connectivity index (χ4v) is 3.90. The van der Waals surface area contributed by atoms with E-state index in [0.717, 1.165) is 11.1 Å². The summed E-state index contributed by atoms with van der Waals surface area (Å²) in [6, 6.07) is 22.1. The van der Waals surface area contributed by atoms with Gasteiger partial charge in [-0.3, -0.25) is 0 Å². The Labute approximate surface area is 145 Å². The number of aromatic nitrogens is 2. The number of fused-ring (bicyclic) bond motifs is 3. The Hall–Kier alpha value is -3.20. The number of nitrogens with zero attached hydrogens (tertiary/aromatic N) is 2. The van der Waals surface area contributed by atoms with Crippen LogP contribution in [0.1, 0.15) is 22.6 Å². The Balaban J connectivity index is 1.87. The number of rotatable bonds is 2. The third kappa shape index (κ3) is 2.06. The van der Waals surface area contributed by atoms with Gasteiger partial charge in [0.25, 0.3) is 0 Å². The van der Waals surface area contributed by atoms with Gasteiger partial charge in [0, 0.05) is 18.3 Å². The lowest BCUT2D eigenvalue weighted by atomic mass is 9.88. The molecule has 0 radical (unpaired) electrons. The van der Waals surface area contributed by atoms with Gasteiger partial charge in [0.15, 0.2) is 0 Å². The molecule has 120 valence electrons. The van der Waals surface area contributed by atoms with Crippen LogP contribution in [0.3, 0.4) is 0 Å². The molecule has 0 amide bonds. The number of halogens is 1. The fourth-order valence-electron chi connectivity index (χ4n) is 3.90. The Bertz CT molecular complexity index is 1050. The molecule has 1 aliphatic carbocycles. The van der Waals surface area contributed by atoms with Gasteiger partial charge in [0.2, 0.25) is 0 Å². The first-order valence-electron chi connectivity index (χ1n) is 8.29. The summed E-state index contributed by atoms with van der Waals surface area (Å²) in [7, 11) is 0. The van der Waals surface area contributed by atoms with Crippen LogP contribution < -0.4 is 0 Å². The van der Waals surface area contributed by atoms with Crippen molar-refractivity contribution in [3.63, 3.8) is 0 Å². The molecule has 5 rings (SSSR count). The molecule has 0 bridgehead atoms. The molecule has 1 aliphatic rings. The van der Waals surface area contributed by atoms with Gasteiger partial charge in [0.1, 0.15) is 5.82 Å². The molecule has 0 saturated carbocycles. The van der Waals surface area contributed by atoms with Gasteiger partial charge in [0.05, 0.1) is 12.0 Å². The van der Waals surface area contributed by atoms with Crippen LogP contribution in [-0.2, 0) is 0 Å². The van der Waals surface area contributed by atoms with E-state index < -0.39 is 0 Å². The van der Waals surface area contributed by atoms with Crippen molar-refractivity contribution in [1.82, 2.24) is 9.55 Å². The summed E-state index contributed by atoms with van der Waals surface area (Å²) >= 11 is 0. The van der Waals surface area contributed by atoms with Gasteiger partial charge in [-0.05, 0) is 33.9 Å². The van der Waals surface area contributed by atoms with E-state index in [1.54, 1.807) is 29.4 Å². The minimum absolute atomic E-state index is 0.0144. The highest BCUT2D eigenvalue weighted by molar-refractivity contribution is 5.84. The topological polar surface area (TPSA) is 17.8 Å². The number of imidazole rings is 1. The molecule has 0 aliphatic heterocycles. The molecule has 3 heteroatoms. The number of hydrogen-bond acceptors (Lipinski definition) is 1. The van der Waals surface area contributed by atoms with Crippen LogP contribution >= 0.6 is 0 Å².